The summed E-state index contributed by atoms with van der Waals surface area (Å²) in [5.41, 5.74) is 3.33. The van der Waals surface area contributed by atoms with Crippen molar-refractivity contribution in [2.45, 2.75) is 12.5 Å². The maximum Gasteiger partial charge on any atom is 0.249 e. The van der Waals surface area contributed by atoms with Gasteiger partial charge in [0.25, 0.3) is 0 Å². The second-order valence-corrected chi connectivity index (χ2v) is 4.75. The second kappa shape index (κ2) is 4.45. The van der Waals surface area contributed by atoms with Gasteiger partial charge in [-0.2, -0.15) is 4.98 Å². The molecule has 0 radical (unpaired) electrons. The Bertz CT molecular complexity index is 713. The molecule has 0 saturated carbocycles. The molecule has 3 aromatic rings. The quantitative estimate of drug-likeness (QED) is 0.771. The van der Waals surface area contributed by atoms with Gasteiger partial charge in [0.1, 0.15) is 6.04 Å². The Hall–Kier alpha value is -2.69. The molecule has 1 unspecified atom stereocenters. The molecule has 1 aromatic carbocycles. The van der Waals surface area contributed by atoms with E-state index in [1.807, 2.05) is 24.3 Å². The van der Waals surface area contributed by atoms with Crippen LogP contribution in [0.3, 0.4) is 0 Å². The van der Waals surface area contributed by atoms with Crippen molar-refractivity contribution in [3.63, 3.8) is 0 Å². The highest BCUT2D eigenvalue weighted by molar-refractivity contribution is 5.57. The molecule has 20 heavy (non-hydrogen) atoms. The van der Waals surface area contributed by atoms with Gasteiger partial charge in [-0.1, -0.05) is 23.4 Å². The van der Waals surface area contributed by atoms with Crippen molar-refractivity contribution in [3.8, 4) is 11.4 Å². The first-order valence-electron chi connectivity index (χ1n) is 6.48. The van der Waals surface area contributed by atoms with Gasteiger partial charge < -0.3 is 9.84 Å². The summed E-state index contributed by atoms with van der Waals surface area (Å²) >= 11 is 0. The number of aromatic nitrogens is 3. The first kappa shape index (κ1) is 11.2. The number of hydrogen-bond acceptors (Lipinski definition) is 5. The molecule has 5 nitrogen and oxygen atoms in total. The molecule has 98 valence electrons. The monoisotopic (exact) mass is 264 g/mol. The van der Waals surface area contributed by atoms with Gasteiger partial charge in [-0.05, 0) is 23.8 Å². The van der Waals surface area contributed by atoms with Crippen molar-refractivity contribution < 1.29 is 4.52 Å². The van der Waals surface area contributed by atoms with Gasteiger partial charge in [0, 0.05) is 30.1 Å². The van der Waals surface area contributed by atoms with Crippen molar-refractivity contribution in [3.05, 3.63) is 60.2 Å². The van der Waals surface area contributed by atoms with Gasteiger partial charge in [-0.3, -0.25) is 4.98 Å². The molecule has 2 aromatic heterocycles. The van der Waals surface area contributed by atoms with Crippen LogP contribution in [0.1, 0.15) is 17.5 Å². The molecular weight excluding hydrogens is 252 g/mol. The zero-order valence-electron chi connectivity index (χ0n) is 10.7. The molecule has 0 aliphatic carbocycles. The van der Waals surface area contributed by atoms with Crippen LogP contribution >= 0.6 is 0 Å². The molecule has 0 amide bonds. The van der Waals surface area contributed by atoms with E-state index in [0.717, 1.165) is 17.7 Å². The topological polar surface area (TPSA) is 63.8 Å². The van der Waals surface area contributed by atoms with Crippen molar-refractivity contribution >= 4 is 5.69 Å². The molecule has 0 saturated heterocycles. The zero-order valence-corrected chi connectivity index (χ0v) is 10.7. The third-order valence-electron chi connectivity index (χ3n) is 3.45. The van der Waals surface area contributed by atoms with Crippen molar-refractivity contribution in [1.29, 1.82) is 0 Å². The van der Waals surface area contributed by atoms with Crippen molar-refractivity contribution in [2.24, 2.45) is 0 Å². The summed E-state index contributed by atoms with van der Waals surface area (Å²) in [6.07, 6.45) is 4.30. The van der Waals surface area contributed by atoms with Gasteiger partial charge in [0.05, 0.1) is 0 Å². The molecule has 5 heteroatoms. The average Bonchev–Trinajstić information content (AvgIpc) is 3.14. The van der Waals surface area contributed by atoms with Crippen LogP contribution in [-0.2, 0) is 6.42 Å². The Morgan fingerprint density at radius 1 is 1.10 bits per heavy atom. The third kappa shape index (κ3) is 1.84. The fourth-order valence-electron chi connectivity index (χ4n) is 2.44. The third-order valence-corrected chi connectivity index (χ3v) is 3.45. The van der Waals surface area contributed by atoms with E-state index >= 15 is 0 Å². The van der Waals surface area contributed by atoms with Crippen LogP contribution in [0.25, 0.3) is 11.4 Å². The molecule has 3 heterocycles. The van der Waals surface area contributed by atoms with Crippen LogP contribution in [0, 0.1) is 0 Å². The summed E-state index contributed by atoms with van der Waals surface area (Å²) in [6.45, 7) is 0. The van der Waals surface area contributed by atoms with Crippen LogP contribution in [0.15, 0.2) is 53.3 Å². The van der Waals surface area contributed by atoms with E-state index in [1.54, 1.807) is 12.4 Å². The van der Waals surface area contributed by atoms with Crippen LogP contribution in [0.4, 0.5) is 5.69 Å². The van der Waals surface area contributed by atoms with E-state index in [4.69, 9.17) is 4.52 Å². The number of fused-ring (bicyclic) bond motifs is 1. The highest BCUT2D eigenvalue weighted by atomic mass is 16.5. The summed E-state index contributed by atoms with van der Waals surface area (Å²) in [4.78, 5) is 8.46. The number of benzene rings is 1. The molecule has 0 bridgehead atoms. The Kier molecular flexibility index (Phi) is 2.48. The van der Waals surface area contributed by atoms with Gasteiger partial charge in [0.2, 0.25) is 11.7 Å². The molecule has 1 atom stereocenters. The van der Waals surface area contributed by atoms with Gasteiger partial charge >= 0.3 is 0 Å². The molecule has 4 rings (SSSR count). The normalized spacial score (nSPS) is 16.7. The van der Waals surface area contributed by atoms with E-state index < -0.39 is 0 Å². The molecule has 0 spiro atoms. The Morgan fingerprint density at radius 3 is 2.80 bits per heavy atom. The van der Waals surface area contributed by atoms with Crippen LogP contribution < -0.4 is 5.32 Å². The zero-order chi connectivity index (χ0) is 13.4. The number of pyridine rings is 1. The Labute approximate surface area is 115 Å². The molecule has 1 aliphatic heterocycles. The number of hydrogen-bond donors (Lipinski definition) is 1. The Morgan fingerprint density at radius 2 is 1.95 bits per heavy atom. The number of nitrogens with one attached hydrogen (secondary N) is 1. The van der Waals surface area contributed by atoms with E-state index in [2.05, 4.69) is 32.6 Å². The highest BCUT2D eigenvalue weighted by Crippen LogP contribution is 2.33. The van der Waals surface area contributed by atoms with Crippen molar-refractivity contribution in [2.75, 3.05) is 5.32 Å². The lowest BCUT2D eigenvalue weighted by molar-refractivity contribution is 0.364. The number of rotatable bonds is 2. The number of nitrogens with zero attached hydrogens (tertiary/aromatic N) is 3. The smallest absolute Gasteiger partial charge is 0.249 e. The highest BCUT2D eigenvalue weighted by Gasteiger charge is 2.26. The maximum atomic E-state index is 5.39. The van der Waals surface area contributed by atoms with E-state index in [9.17, 15) is 0 Å². The standard InChI is InChI=1S/C15H12N4O/c1-2-4-12-11(3-1)9-13(17-12)15-18-14(19-20-15)10-5-7-16-8-6-10/h1-8,13,17H,9H2. The molecular formula is C15H12N4O. The predicted molar refractivity (Wildman–Crippen MR) is 74.0 cm³/mol. The summed E-state index contributed by atoms with van der Waals surface area (Å²) in [6, 6.07) is 12.0. The second-order valence-electron chi connectivity index (χ2n) is 4.75. The van der Waals surface area contributed by atoms with E-state index in [-0.39, 0.29) is 6.04 Å². The first-order valence-corrected chi connectivity index (χ1v) is 6.48. The Balaban J connectivity index is 1.61. The minimum absolute atomic E-state index is 0.0514. The average molecular weight is 264 g/mol. The minimum atomic E-state index is 0.0514. The molecule has 1 aliphatic rings. The summed E-state index contributed by atoms with van der Waals surface area (Å²) < 4.78 is 5.39. The first-order chi connectivity index (χ1) is 9.90. The van der Waals surface area contributed by atoms with Crippen LogP contribution in [-0.4, -0.2) is 15.1 Å². The van der Waals surface area contributed by atoms with Crippen LogP contribution in [0.5, 0.6) is 0 Å². The maximum absolute atomic E-state index is 5.39. The van der Waals surface area contributed by atoms with Gasteiger partial charge in [-0.15, -0.1) is 0 Å². The van der Waals surface area contributed by atoms with E-state index in [0.29, 0.717) is 11.7 Å². The predicted octanol–water partition coefficient (Wildman–Crippen LogP) is 2.84. The number of anilines is 1. The lowest BCUT2D eigenvalue weighted by Gasteiger charge is -2.04. The van der Waals surface area contributed by atoms with Gasteiger partial charge in [0.15, 0.2) is 0 Å². The largest absolute Gasteiger partial charge is 0.373 e. The van der Waals surface area contributed by atoms with E-state index in [1.165, 1.54) is 5.56 Å². The van der Waals surface area contributed by atoms with Gasteiger partial charge in [-0.25, -0.2) is 0 Å². The summed E-state index contributed by atoms with van der Waals surface area (Å²) in [7, 11) is 0. The lowest BCUT2D eigenvalue weighted by Crippen LogP contribution is -2.05. The number of para-hydroxylation sites is 1. The van der Waals surface area contributed by atoms with Crippen LogP contribution in [0.2, 0.25) is 0 Å². The fraction of sp³-hybridized carbons (Fsp3) is 0.133. The molecule has 1 N–H and O–H groups in total. The summed E-state index contributed by atoms with van der Waals surface area (Å²) in [5, 5.41) is 7.45. The molecule has 0 fully saturated rings. The minimum Gasteiger partial charge on any atom is -0.373 e. The lowest BCUT2D eigenvalue weighted by atomic mass is 10.1. The van der Waals surface area contributed by atoms with Crippen molar-refractivity contribution in [1.82, 2.24) is 15.1 Å². The SMILES string of the molecule is c1ccc2c(c1)CC(c1nc(-c3ccncc3)no1)N2. The summed E-state index contributed by atoms with van der Waals surface area (Å²) in [5.74, 6) is 1.22. The fourth-order valence-corrected chi connectivity index (χ4v) is 2.44.